The first-order valence-electron chi connectivity index (χ1n) is 9.33. The van der Waals surface area contributed by atoms with Gasteiger partial charge in [0.1, 0.15) is 0 Å². The summed E-state index contributed by atoms with van der Waals surface area (Å²) in [6.45, 7) is -0.582. The van der Waals surface area contributed by atoms with Gasteiger partial charge in [0.15, 0.2) is 5.41 Å². The number of amides is 1. The Bertz CT molecular complexity index is 991. The molecule has 3 aromatic rings. The standard InChI is InChI=1S/C18H18F3N7O2/c19-18(20,21)17(16-24-15(26-30-16)12-3-2-7-22-9-12)6-8-28(11-17)14(29)5-1-4-13-10-23-27-25-13/h2-3,7,9-10H,1,4-6,8,11H2,(H,23,25,27). The van der Waals surface area contributed by atoms with E-state index >= 15 is 0 Å². The van der Waals surface area contributed by atoms with Crippen LogP contribution in [0.4, 0.5) is 13.2 Å². The quantitative estimate of drug-likeness (QED) is 0.650. The van der Waals surface area contributed by atoms with Gasteiger partial charge in [-0.3, -0.25) is 9.78 Å². The van der Waals surface area contributed by atoms with Crippen molar-refractivity contribution in [3.63, 3.8) is 0 Å². The minimum Gasteiger partial charge on any atom is -0.341 e. The molecule has 12 heteroatoms. The van der Waals surface area contributed by atoms with Crippen LogP contribution in [0.25, 0.3) is 11.4 Å². The van der Waals surface area contributed by atoms with Crippen LogP contribution in [0.15, 0.2) is 35.2 Å². The highest BCUT2D eigenvalue weighted by Crippen LogP contribution is 2.47. The Kier molecular flexibility index (Phi) is 5.22. The number of carbonyl (C=O) groups excluding carboxylic acids is 1. The molecule has 4 rings (SSSR count). The Labute approximate surface area is 168 Å². The normalized spacial score (nSPS) is 19.4. The van der Waals surface area contributed by atoms with Gasteiger partial charge >= 0.3 is 6.18 Å². The lowest BCUT2D eigenvalue weighted by molar-refractivity contribution is -0.193. The molecule has 0 radical (unpaired) electrons. The summed E-state index contributed by atoms with van der Waals surface area (Å²) >= 11 is 0. The molecule has 9 nitrogen and oxygen atoms in total. The summed E-state index contributed by atoms with van der Waals surface area (Å²) in [5, 5.41) is 13.7. The third-order valence-corrected chi connectivity index (χ3v) is 5.21. The highest BCUT2D eigenvalue weighted by atomic mass is 19.4. The van der Waals surface area contributed by atoms with Crippen molar-refractivity contribution in [2.45, 2.75) is 37.3 Å². The molecule has 1 aliphatic rings. The molecule has 158 valence electrons. The van der Waals surface area contributed by atoms with Crippen LogP contribution >= 0.6 is 0 Å². The summed E-state index contributed by atoms with van der Waals surface area (Å²) < 4.78 is 47.3. The number of hydrogen-bond donors (Lipinski definition) is 1. The van der Waals surface area contributed by atoms with Crippen molar-refractivity contribution in [3.8, 4) is 11.4 Å². The smallest absolute Gasteiger partial charge is 0.341 e. The van der Waals surface area contributed by atoms with E-state index in [9.17, 15) is 18.0 Å². The molecule has 1 amide bonds. The fourth-order valence-corrected chi connectivity index (χ4v) is 3.50. The summed E-state index contributed by atoms with van der Waals surface area (Å²) in [4.78, 5) is 21.6. The topological polar surface area (TPSA) is 114 Å². The number of halogens is 3. The minimum absolute atomic E-state index is 0.0270. The molecule has 4 heterocycles. The zero-order valence-electron chi connectivity index (χ0n) is 15.8. The molecule has 1 aliphatic heterocycles. The van der Waals surface area contributed by atoms with E-state index in [-0.39, 0.29) is 31.1 Å². The van der Waals surface area contributed by atoms with Crippen LogP contribution in [0.5, 0.6) is 0 Å². The van der Waals surface area contributed by atoms with Gasteiger partial charge in [-0.05, 0) is 31.4 Å². The lowest BCUT2D eigenvalue weighted by Gasteiger charge is -2.28. The Morgan fingerprint density at radius 3 is 2.90 bits per heavy atom. The largest absolute Gasteiger partial charge is 0.405 e. The van der Waals surface area contributed by atoms with Crippen molar-refractivity contribution in [1.82, 2.24) is 35.4 Å². The predicted octanol–water partition coefficient (Wildman–Crippen LogP) is 2.31. The molecule has 0 aliphatic carbocycles. The third-order valence-electron chi connectivity index (χ3n) is 5.21. The van der Waals surface area contributed by atoms with E-state index in [0.29, 0.717) is 24.1 Å². The first-order chi connectivity index (χ1) is 14.4. The van der Waals surface area contributed by atoms with E-state index < -0.39 is 24.0 Å². The van der Waals surface area contributed by atoms with Crippen LogP contribution in [0.1, 0.15) is 30.8 Å². The second-order valence-corrected chi connectivity index (χ2v) is 7.12. The van der Waals surface area contributed by atoms with Crippen LogP contribution in [0, 0.1) is 0 Å². The van der Waals surface area contributed by atoms with Gasteiger partial charge in [0, 0.05) is 37.5 Å². The van der Waals surface area contributed by atoms with Crippen molar-refractivity contribution in [3.05, 3.63) is 42.3 Å². The molecule has 1 saturated heterocycles. The molecule has 1 atom stereocenters. The number of aromatic nitrogens is 6. The van der Waals surface area contributed by atoms with Crippen LogP contribution in [-0.4, -0.2) is 60.6 Å². The minimum atomic E-state index is -4.65. The van der Waals surface area contributed by atoms with E-state index in [2.05, 4.69) is 30.5 Å². The number of alkyl halides is 3. The average molecular weight is 421 g/mol. The highest BCUT2D eigenvalue weighted by Gasteiger charge is 2.63. The van der Waals surface area contributed by atoms with Crippen molar-refractivity contribution in [1.29, 1.82) is 0 Å². The Morgan fingerprint density at radius 1 is 1.33 bits per heavy atom. The summed E-state index contributed by atoms with van der Waals surface area (Å²) in [7, 11) is 0. The van der Waals surface area contributed by atoms with Crippen LogP contribution < -0.4 is 0 Å². The molecular formula is C18H18F3N7O2. The number of aromatic amines is 1. The number of rotatable bonds is 6. The van der Waals surface area contributed by atoms with E-state index in [1.165, 1.54) is 17.3 Å². The Morgan fingerprint density at radius 2 is 2.20 bits per heavy atom. The number of hydrogen-bond acceptors (Lipinski definition) is 7. The maximum absolute atomic E-state index is 14.1. The van der Waals surface area contributed by atoms with Gasteiger partial charge in [0.25, 0.3) is 0 Å². The van der Waals surface area contributed by atoms with Gasteiger partial charge < -0.3 is 9.42 Å². The van der Waals surface area contributed by atoms with Gasteiger partial charge in [0.2, 0.25) is 17.6 Å². The van der Waals surface area contributed by atoms with Crippen LogP contribution in [0.2, 0.25) is 0 Å². The summed E-state index contributed by atoms with van der Waals surface area (Å²) in [5.41, 5.74) is -1.24. The molecule has 1 fully saturated rings. The number of nitrogens with zero attached hydrogens (tertiary/aromatic N) is 6. The molecular weight excluding hydrogens is 403 g/mol. The molecule has 1 N–H and O–H groups in total. The van der Waals surface area contributed by atoms with Crippen molar-refractivity contribution < 1.29 is 22.5 Å². The van der Waals surface area contributed by atoms with Crippen LogP contribution in [0.3, 0.4) is 0 Å². The third kappa shape index (κ3) is 3.76. The summed E-state index contributed by atoms with van der Waals surface area (Å²) in [6, 6.07) is 3.25. The fourth-order valence-electron chi connectivity index (χ4n) is 3.50. The first-order valence-corrected chi connectivity index (χ1v) is 9.33. The molecule has 0 spiro atoms. The van der Waals surface area contributed by atoms with Crippen molar-refractivity contribution >= 4 is 5.91 Å². The van der Waals surface area contributed by atoms with E-state index in [1.54, 1.807) is 18.3 Å². The highest BCUT2D eigenvalue weighted by molar-refractivity contribution is 5.76. The SMILES string of the molecule is O=C(CCCc1cn[nH]n1)N1CCC(c2nc(-c3cccnc3)no2)(C(F)(F)F)C1. The van der Waals surface area contributed by atoms with E-state index in [4.69, 9.17) is 4.52 Å². The average Bonchev–Trinajstić information content (AvgIpc) is 3.48. The number of carbonyl (C=O) groups is 1. The summed E-state index contributed by atoms with van der Waals surface area (Å²) in [6.07, 6.45) is 0.627. The molecule has 0 aromatic carbocycles. The maximum Gasteiger partial charge on any atom is 0.405 e. The second kappa shape index (κ2) is 7.84. The Balaban J connectivity index is 1.48. The Hall–Kier alpha value is -3.31. The number of nitrogens with one attached hydrogen (secondary N) is 1. The number of aryl methyl sites for hydroxylation is 1. The fraction of sp³-hybridized carbons (Fsp3) is 0.444. The first kappa shape index (κ1) is 20.0. The molecule has 1 unspecified atom stereocenters. The lowest BCUT2D eigenvalue weighted by Crippen LogP contribution is -2.46. The summed E-state index contributed by atoms with van der Waals surface area (Å²) in [5.74, 6) is -0.859. The predicted molar refractivity (Wildman–Crippen MR) is 95.8 cm³/mol. The zero-order valence-corrected chi connectivity index (χ0v) is 15.8. The van der Waals surface area contributed by atoms with Gasteiger partial charge in [0.05, 0.1) is 11.9 Å². The number of likely N-dealkylation sites (tertiary alicyclic amines) is 1. The second-order valence-electron chi connectivity index (χ2n) is 7.12. The number of pyridine rings is 1. The number of H-pyrrole nitrogens is 1. The molecule has 3 aromatic heterocycles. The van der Waals surface area contributed by atoms with Crippen molar-refractivity contribution in [2.24, 2.45) is 0 Å². The maximum atomic E-state index is 14.1. The molecule has 0 bridgehead atoms. The molecule has 30 heavy (non-hydrogen) atoms. The molecule has 0 saturated carbocycles. The van der Waals surface area contributed by atoms with Gasteiger partial charge in [-0.25, -0.2) is 0 Å². The van der Waals surface area contributed by atoms with E-state index in [1.807, 2.05) is 0 Å². The van der Waals surface area contributed by atoms with Gasteiger partial charge in [-0.2, -0.15) is 33.6 Å². The van der Waals surface area contributed by atoms with Gasteiger partial charge in [-0.1, -0.05) is 5.16 Å². The van der Waals surface area contributed by atoms with E-state index in [0.717, 1.165) is 0 Å². The lowest BCUT2D eigenvalue weighted by atomic mass is 9.86. The van der Waals surface area contributed by atoms with Gasteiger partial charge in [-0.15, -0.1) is 0 Å². The van der Waals surface area contributed by atoms with Crippen molar-refractivity contribution in [2.75, 3.05) is 13.1 Å². The zero-order chi connectivity index (χ0) is 21.2. The van der Waals surface area contributed by atoms with Crippen LogP contribution in [-0.2, 0) is 16.6 Å². The monoisotopic (exact) mass is 421 g/mol.